The predicted molar refractivity (Wildman–Crippen MR) is 109 cm³/mol. The maximum atomic E-state index is 12.4. The fourth-order valence-electron chi connectivity index (χ4n) is 3.44. The SMILES string of the molecule is CCC(=O)N1CCc2cc(C(=O)NNC(=O)c3ccc4ccccc4n3)ccc21. The van der Waals surface area contributed by atoms with Crippen molar-refractivity contribution in [2.24, 2.45) is 0 Å². The highest BCUT2D eigenvalue weighted by Crippen LogP contribution is 2.29. The molecule has 0 atom stereocenters. The third-order valence-corrected chi connectivity index (χ3v) is 4.96. The molecule has 0 unspecified atom stereocenters. The minimum absolute atomic E-state index is 0.0658. The van der Waals surface area contributed by atoms with Crippen LogP contribution in [0.25, 0.3) is 10.9 Å². The Morgan fingerprint density at radius 3 is 2.62 bits per heavy atom. The number of pyridine rings is 1. The first-order chi connectivity index (χ1) is 14.1. The fraction of sp³-hybridized carbons (Fsp3) is 0.182. The van der Waals surface area contributed by atoms with E-state index in [9.17, 15) is 14.4 Å². The zero-order chi connectivity index (χ0) is 20.4. The number of aromatic nitrogens is 1. The summed E-state index contributed by atoms with van der Waals surface area (Å²) in [6.07, 6.45) is 1.14. The number of nitrogens with zero attached hydrogens (tertiary/aromatic N) is 2. The van der Waals surface area contributed by atoms with E-state index in [1.807, 2.05) is 37.3 Å². The average Bonchev–Trinajstić information content (AvgIpc) is 3.19. The fourth-order valence-corrected chi connectivity index (χ4v) is 3.44. The van der Waals surface area contributed by atoms with Gasteiger partial charge in [0.15, 0.2) is 0 Å². The van der Waals surface area contributed by atoms with Crippen molar-refractivity contribution in [2.75, 3.05) is 11.4 Å². The van der Waals surface area contributed by atoms with Gasteiger partial charge in [0.25, 0.3) is 11.8 Å². The van der Waals surface area contributed by atoms with Crippen LogP contribution in [0.2, 0.25) is 0 Å². The van der Waals surface area contributed by atoms with Crippen LogP contribution in [0.5, 0.6) is 0 Å². The molecule has 146 valence electrons. The molecule has 0 saturated heterocycles. The lowest BCUT2D eigenvalue weighted by atomic mass is 10.1. The summed E-state index contributed by atoms with van der Waals surface area (Å²) in [7, 11) is 0. The topological polar surface area (TPSA) is 91.4 Å². The maximum absolute atomic E-state index is 12.4. The number of benzene rings is 2. The van der Waals surface area contributed by atoms with E-state index in [0.717, 1.165) is 16.6 Å². The van der Waals surface area contributed by atoms with Crippen molar-refractivity contribution in [1.82, 2.24) is 15.8 Å². The highest BCUT2D eigenvalue weighted by atomic mass is 16.2. The Hall–Kier alpha value is -3.74. The van der Waals surface area contributed by atoms with E-state index < -0.39 is 11.8 Å². The van der Waals surface area contributed by atoms with Crippen LogP contribution in [0, 0.1) is 0 Å². The van der Waals surface area contributed by atoms with Crippen LogP contribution in [0.15, 0.2) is 54.6 Å². The number of hydrazine groups is 1. The summed E-state index contributed by atoms with van der Waals surface area (Å²) in [5.41, 5.74) is 7.95. The second kappa shape index (κ2) is 7.71. The van der Waals surface area contributed by atoms with Crippen molar-refractivity contribution in [1.29, 1.82) is 0 Å². The molecule has 3 amide bonds. The number of hydrogen-bond acceptors (Lipinski definition) is 4. The molecule has 7 heteroatoms. The second-order valence-corrected chi connectivity index (χ2v) is 6.79. The summed E-state index contributed by atoms with van der Waals surface area (Å²) < 4.78 is 0. The van der Waals surface area contributed by atoms with E-state index in [2.05, 4.69) is 15.8 Å². The Morgan fingerprint density at radius 1 is 1.00 bits per heavy atom. The summed E-state index contributed by atoms with van der Waals surface area (Å²) in [5.74, 6) is -0.858. The molecular weight excluding hydrogens is 368 g/mol. The number of anilines is 1. The summed E-state index contributed by atoms with van der Waals surface area (Å²) >= 11 is 0. The summed E-state index contributed by atoms with van der Waals surface area (Å²) in [6.45, 7) is 2.45. The lowest BCUT2D eigenvalue weighted by Gasteiger charge is -2.16. The van der Waals surface area contributed by atoms with E-state index in [4.69, 9.17) is 0 Å². The minimum atomic E-state index is -0.495. The van der Waals surface area contributed by atoms with E-state index in [1.165, 1.54) is 0 Å². The largest absolute Gasteiger partial charge is 0.312 e. The molecule has 1 aliphatic heterocycles. The Balaban J connectivity index is 1.43. The van der Waals surface area contributed by atoms with Crippen molar-refractivity contribution >= 4 is 34.3 Å². The molecule has 0 bridgehead atoms. The van der Waals surface area contributed by atoms with Gasteiger partial charge in [0.05, 0.1) is 5.52 Å². The summed E-state index contributed by atoms with van der Waals surface area (Å²) in [5, 5.41) is 0.932. The molecule has 1 aromatic heterocycles. The molecule has 0 aliphatic carbocycles. The predicted octanol–water partition coefficient (Wildman–Crippen LogP) is 2.61. The molecule has 2 heterocycles. The Bertz CT molecular complexity index is 1130. The molecule has 2 aromatic carbocycles. The number of para-hydroxylation sites is 1. The molecule has 4 rings (SSSR count). The Labute approximate surface area is 167 Å². The number of hydrogen-bond donors (Lipinski definition) is 2. The number of carbonyl (C=O) groups excluding carboxylic acids is 3. The van der Waals surface area contributed by atoms with Gasteiger partial charge in [-0.15, -0.1) is 0 Å². The summed E-state index contributed by atoms with van der Waals surface area (Å²) in [4.78, 5) is 42.8. The lowest BCUT2D eigenvalue weighted by Crippen LogP contribution is -2.42. The van der Waals surface area contributed by atoms with E-state index in [-0.39, 0.29) is 11.6 Å². The molecule has 0 fully saturated rings. The third kappa shape index (κ3) is 3.67. The van der Waals surface area contributed by atoms with Crippen LogP contribution in [0.3, 0.4) is 0 Å². The van der Waals surface area contributed by atoms with Gasteiger partial charge in [-0.2, -0.15) is 0 Å². The average molecular weight is 388 g/mol. The molecule has 7 nitrogen and oxygen atoms in total. The lowest BCUT2D eigenvalue weighted by molar-refractivity contribution is -0.118. The van der Waals surface area contributed by atoms with E-state index >= 15 is 0 Å². The van der Waals surface area contributed by atoms with Gasteiger partial charge in [-0.1, -0.05) is 31.2 Å². The van der Waals surface area contributed by atoms with Crippen LogP contribution < -0.4 is 15.8 Å². The quantitative estimate of drug-likeness (QED) is 0.675. The minimum Gasteiger partial charge on any atom is -0.312 e. The van der Waals surface area contributed by atoms with Crippen molar-refractivity contribution in [2.45, 2.75) is 19.8 Å². The number of rotatable bonds is 3. The standard InChI is InChI=1S/C22H20N4O3/c1-2-20(27)26-12-11-15-13-16(8-10-19(15)26)21(28)24-25-22(29)18-9-7-14-5-3-4-6-17(14)23-18/h3-10,13H,2,11-12H2,1H3,(H,24,28)(H,25,29). The zero-order valence-corrected chi connectivity index (χ0v) is 15.9. The molecule has 0 radical (unpaired) electrons. The molecule has 0 saturated carbocycles. The van der Waals surface area contributed by atoms with Crippen LogP contribution in [-0.4, -0.2) is 29.3 Å². The van der Waals surface area contributed by atoms with Crippen molar-refractivity contribution in [3.63, 3.8) is 0 Å². The molecule has 1 aliphatic rings. The zero-order valence-electron chi connectivity index (χ0n) is 15.9. The van der Waals surface area contributed by atoms with Crippen molar-refractivity contribution in [3.05, 3.63) is 71.4 Å². The van der Waals surface area contributed by atoms with Gasteiger partial charge in [0.2, 0.25) is 5.91 Å². The van der Waals surface area contributed by atoms with Crippen molar-refractivity contribution < 1.29 is 14.4 Å². The molecule has 29 heavy (non-hydrogen) atoms. The van der Waals surface area contributed by atoms with Gasteiger partial charge < -0.3 is 4.90 Å². The smallest absolute Gasteiger partial charge is 0.288 e. The maximum Gasteiger partial charge on any atom is 0.288 e. The van der Waals surface area contributed by atoms with Crippen LogP contribution in [0.4, 0.5) is 5.69 Å². The van der Waals surface area contributed by atoms with Gasteiger partial charge >= 0.3 is 0 Å². The monoisotopic (exact) mass is 388 g/mol. The molecular formula is C22H20N4O3. The van der Waals surface area contributed by atoms with Crippen LogP contribution in [0.1, 0.15) is 39.8 Å². The Kier molecular flexibility index (Phi) is 4.95. The van der Waals surface area contributed by atoms with Gasteiger partial charge in [0.1, 0.15) is 5.69 Å². The van der Waals surface area contributed by atoms with E-state index in [1.54, 1.807) is 29.2 Å². The van der Waals surface area contributed by atoms with Gasteiger partial charge in [-0.25, -0.2) is 4.98 Å². The first kappa shape index (κ1) is 18.6. The molecule has 0 spiro atoms. The first-order valence-corrected chi connectivity index (χ1v) is 9.46. The highest BCUT2D eigenvalue weighted by molar-refractivity contribution is 6.00. The normalized spacial score (nSPS) is 12.5. The third-order valence-electron chi connectivity index (χ3n) is 4.96. The number of nitrogens with one attached hydrogen (secondary N) is 2. The highest BCUT2D eigenvalue weighted by Gasteiger charge is 2.24. The second-order valence-electron chi connectivity index (χ2n) is 6.79. The van der Waals surface area contributed by atoms with E-state index in [0.29, 0.717) is 30.5 Å². The number of carbonyl (C=O) groups is 3. The molecule has 2 N–H and O–H groups in total. The number of amides is 3. The first-order valence-electron chi connectivity index (χ1n) is 9.46. The number of fused-ring (bicyclic) bond motifs is 2. The van der Waals surface area contributed by atoms with Gasteiger partial charge in [0, 0.05) is 29.6 Å². The van der Waals surface area contributed by atoms with Crippen LogP contribution in [-0.2, 0) is 11.2 Å². The van der Waals surface area contributed by atoms with Gasteiger partial charge in [-0.05, 0) is 42.3 Å². The van der Waals surface area contributed by atoms with Crippen LogP contribution >= 0.6 is 0 Å². The van der Waals surface area contributed by atoms with Crippen molar-refractivity contribution in [3.8, 4) is 0 Å². The van der Waals surface area contributed by atoms with Gasteiger partial charge in [-0.3, -0.25) is 25.2 Å². The Morgan fingerprint density at radius 2 is 1.79 bits per heavy atom. The summed E-state index contributed by atoms with van der Waals surface area (Å²) in [6, 6.07) is 16.1. The molecule has 3 aromatic rings.